The Labute approximate surface area is 158 Å². The molecule has 1 aliphatic rings. The topological polar surface area (TPSA) is 104 Å². The first-order chi connectivity index (χ1) is 12.7. The Kier molecular flexibility index (Phi) is 6.94. The molecule has 0 spiro atoms. The number of carbonyl (C=O) groups is 2. The van der Waals surface area contributed by atoms with E-state index in [1.54, 1.807) is 6.92 Å². The molecule has 0 unspecified atom stereocenters. The van der Waals surface area contributed by atoms with Gasteiger partial charge in [0.05, 0.1) is 4.90 Å². The second-order valence-electron chi connectivity index (χ2n) is 6.84. The zero-order valence-corrected chi connectivity index (χ0v) is 16.2. The summed E-state index contributed by atoms with van der Waals surface area (Å²) in [5.41, 5.74) is 0. The van der Waals surface area contributed by atoms with Crippen LogP contribution >= 0.6 is 0 Å². The molecule has 2 atom stereocenters. The summed E-state index contributed by atoms with van der Waals surface area (Å²) in [5.74, 6) is -2.59. The van der Waals surface area contributed by atoms with Crippen LogP contribution < -0.4 is 5.32 Å². The van der Waals surface area contributed by atoms with Crippen LogP contribution in [0.4, 0.5) is 4.39 Å². The SMILES string of the molecule is CC[C@@H](C)[C@H](NC(=O)C1CCN(S(=O)(=O)c2ccc(F)cc2)CC1)C(=O)O. The monoisotopic (exact) mass is 400 g/mol. The number of piperidine rings is 1. The maximum Gasteiger partial charge on any atom is 0.326 e. The molecule has 7 nitrogen and oxygen atoms in total. The highest BCUT2D eigenvalue weighted by atomic mass is 32.2. The number of amides is 1. The summed E-state index contributed by atoms with van der Waals surface area (Å²) in [5, 5.41) is 11.9. The summed E-state index contributed by atoms with van der Waals surface area (Å²) >= 11 is 0. The zero-order chi connectivity index (χ0) is 20.2. The van der Waals surface area contributed by atoms with E-state index in [4.69, 9.17) is 0 Å². The molecule has 0 aromatic heterocycles. The fourth-order valence-electron chi connectivity index (χ4n) is 3.07. The van der Waals surface area contributed by atoms with E-state index in [0.29, 0.717) is 19.3 Å². The fourth-order valence-corrected chi connectivity index (χ4v) is 4.54. The summed E-state index contributed by atoms with van der Waals surface area (Å²) in [6.07, 6.45) is 1.23. The summed E-state index contributed by atoms with van der Waals surface area (Å²) in [6, 6.07) is 3.66. The summed E-state index contributed by atoms with van der Waals surface area (Å²) in [4.78, 5) is 23.8. The first kappa shape index (κ1) is 21.3. The van der Waals surface area contributed by atoms with E-state index in [9.17, 15) is 27.5 Å². The standard InChI is InChI=1S/C18H25FN2O5S/c1-3-12(2)16(18(23)24)20-17(22)13-8-10-21(11-9-13)27(25,26)15-6-4-14(19)5-7-15/h4-7,12-13,16H,3,8-11H2,1-2H3,(H,20,22)(H,23,24)/t12-,16+/m1/s1. The first-order valence-corrected chi connectivity index (χ1v) is 10.4. The lowest BCUT2D eigenvalue weighted by atomic mass is 9.94. The molecular weight excluding hydrogens is 375 g/mol. The predicted molar refractivity (Wildman–Crippen MR) is 96.9 cm³/mol. The molecule has 1 heterocycles. The summed E-state index contributed by atoms with van der Waals surface area (Å²) in [7, 11) is -3.74. The van der Waals surface area contributed by atoms with Crippen LogP contribution in [-0.2, 0) is 19.6 Å². The van der Waals surface area contributed by atoms with Crippen LogP contribution in [0.15, 0.2) is 29.2 Å². The van der Waals surface area contributed by atoms with Crippen molar-refractivity contribution >= 4 is 21.9 Å². The van der Waals surface area contributed by atoms with Crippen molar-refractivity contribution in [1.29, 1.82) is 0 Å². The smallest absolute Gasteiger partial charge is 0.326 e. The van der Waals surface area contributed by atoms with Gasteiger partial charge >= 0.3 is 5.97 Å². The minimum Gasteiger partial charge on any atom is -0.480 e. The van der Waals surface area contributed by atoms with Crippen LogP contribution in [0.2, 0.25) is 0 Å². The van der Waals surface area contributed by atoms with Gasteiger partial charge in [-0.15, -0.1) is 0 Å². The third-order valence-electron chi connectivity index (χ3n) is 5.05. The Morgan fingerprint density at radius 3 is 2.30 bits per heavy atom. The minimum absolute atomic E-state index is 0.00881. The number of hydrogen-bond donors (Lipinski definition) is 2. The van der Waals surface area contributed by atoms with Gasteiger partial charge in [0.25, 0.3) is 0 Å². The number of nitrogens with one attached hydrogen (secondary N) is 1. The molecule has 150 valence electrons. The Morgan fingerprint density at radius 1 is 1.26 bits per heavy atom. The lowest BCUT2D eigenvalue weighted by molar-refractivity contribution is -0.144. The molecule has 0 saturated carbocycles. The Bertz CT molecular complexity index is 773. The van der Waals surface area contributed by atoms with Gasteiger partial charge in [-0.25, -0.2) is 17.6 Å². The molecule has 0 aliphatic carbocycles. The molecule has 1 saturated heterocycles. The lowest BCUT2D eigenvalue weighted by Gasteiger charge is -2.31. The van der Waals surface area contributed by atoms with Gasteiger partial charge in [-0.2, -0.15) is 4.31 Å². The van der Waals surface area contributed by atoms with Gasteiger partial charge in [0.1, 0.15) is 11.9 Å². The number of carboxylic acids is 1. The highest BCUT2D eigenvalue weighted by Gasteiger charge is 2.34. The van der Waals surface area contributed by atoms with Gasteiger partial charge in [0.2, 0.25) is 15.9 Å². The van der Waals surface area contributed by atoms with Gasteiger partial charge in [0.15, 0.2) is 0 Å². The van der Waals surface area contributed by atoms with Crippen molar-refractivity contribution in [2.24, 2.45) is 11.8 Å². The molecule has 0 radical (unpaired) electrons. The predicted octanol–water partition coefficient (Wildman–Crippen LogP) is 1.84. The molecule has 2 rings (SSSR count). The Hall–Kier alpha value is -2.00. The van der Waals surface area contributed by atoms with Crippen LogP contribution in [0.25, 0.3) is 0 Å². The average Bonchev–Trinajstić information content (AvgIpc) is 2.65. The first-order valence-electron chi connectivity index (χ1n) is 8.95. The van der Waals surface area contributed by atoms with Crippen molar-refractivity contribution in [2.45, 2.75) is 44.0 Å². The number of halogens is 1. The second-order valence-corrected chi connectivity index (χ2v) is 8.78. The van der Waals surface area contributed by atoms with Crippen molar-refractivity contribution in [2.75, 3.05) is 13.1 Å². The number of nitrogens with zero attached hydrogens (tertiary/aromatic N) is 1. The molecule has 1 amide bonds. The molecule has 27 heavy (non-hydrogen) atoms. The average molecular weight is 400 g/mol. The maximum atomic E-state index is 13.0. The highest BCUT2D eigenvalue weighted by molar-refractivity contribution is 7.89. The van der Waals surface area contributed by atoms with Crippen molar-refractivity contribution in [1.82, 2.24) is 9.62 Å². The molecule has 0 bridgehead atoms. The molecule has 9 heteroatoms. The largest absolute Gasteiger partial charge is 0.480 e. The lowest BCUT2D eigenvalue weighted by Crippen LogP contribution is -2.49. The van der Waals surface area contributed by atoms with Crippen molar-refractivity contribution in [3.8, 4) is 0 Å². The highest BCUT2D eigenvalue weighted by Crippen LogP contribution is 2.24. The second kappa shape index (κ2) is 8.79. The maximum absolute atomic E-state index is 13.0. The van der Waals surface area contributed by atoms with Crippen molar-refractivity contribution < 1.29 is 27.5 Å². The molecule has 1 aromatic carbocycles. The number of rotatable bonds is 7. The van der Waals surface area contributed by atoms with Gasteiger partial charge in [-0.05, 0) is 43.0 Å². The van der Waals surface area contributed by atoms with Crippen LogP contribution in [0.5, 0.6) is 0 Å². The third-order valence-corrected chi connectivity index (χ3v) is 6.97. The normalized spacial score (nSPS) is 18.6. The van der Waals surface area contributed by atoms with E-state index >= 15 is 0 Å². The Morgan fingerprint density at radius 2 is 1.81 bits per heavy atom. The van der Waals surface area contributed by atoms with Gasteiger partial charge in [-0.3, -0.25) is 4.79 Å². The number of benzene rings is 1. The zero-order valence-electron chi connectivity index (χ0n) is 15.4. The van der Waals surface area contributed by atoms with Crippen LogP contribution in [0.3, 0.4) is 0 Å². The van der Waals surface area contributed by atoms with E-state index in [1.807, 2.05) is 6.92 Å². The van der Waals surface area contributed by atoms with Crippen molar-refractivity contribution in [3.63, 3.8) is 0 Å². The summed E-state index contributed by atoms with van der Waals surface area (Å²) < 4.78 is 39.5. The van der Waals surface area contributed by atoms with E-state index in [1.165, 1.54) is 16.4 Å². The van der Waals surface area contributed by atoms with E-state index in [0.717, 1.165) is 12.1 Å². The number of sulfonamides is 1. The van der Waals surface area contributed by atoms with Gasteiger partial charge in [0, 0.05) is 19.0 Å². The van der Waals surface area contributed by atoms with Crippen LogP contribution in [-0.4, -0.2) is 48.8 Å². The minimum atomic E-state index is -3.74. The van der Waals surface area contributed by atoms with Gasteiger partial charge in [-0.1, -0.05) is 20.3 Å². The van der Waals surface area contributed by atoms with E-state index in [2.05, 4.69) is 5.32 Å². The van der Waals surface area contributed by atoms with Gasteiger partial charge < -0.3 is 10.4 Å². The molecule has 1 fully saturated rings. The molecule has 2 N–H and O–H groups in total. The quantitative estimate of drug-likeness (QED) is 0.727. The number of carboxylic acid groups (broad SMARTS) is 1. The summed E-state index contributed by atoms with van der Waals surface area (Å²) in [6.45, 7) is 3.92. The number of aliphatic carboxylic acids is 1. The number of carbonyl (C=O) groups excluding carboxylic acids is 1. The van der Waals surface area contributed by atoms with E-state index < -0.39 is 33.8 Å². The molecule has 1 aromatic rings. The van der Waals surface area contributed by atoms with Crippen molar-refractivity contribution in [3.05, 3.63) is 30.1 Å². The Balaban J connectivity index is 1.99. The fraction of sp³-hybridized carbons (Fsp3) is 0.556. The third kappa shape index (κ3) is 5.04. The van der Waals surface area contributed by atoms with E-state index in [-0.39, 0.29) is 29.8 Å². The van der Waals surface area contributed by atoms with Crippen LogP contribution in [0, 0.1) is 17.7 Å². The van der Waals surface area contributed by atoms with Crippen LogP contribution in [0.1, 0.15) is 33.1 Å². The molecular formula is C18H25FN2O5S. The molecule has 1 aliphatic heterocycles. The number of hydrogen-bond acceptors (Lipinski definition) is 4.